The van der Waals surface area contributed by atoms with Gasteiger partial charge in [0.1, 0.15) is 0 Å². The van der Waals surface area contributed by atoms with E-state index in [0.717, 1.165) is 11.1 Å². The van der Waals surface area contributed by atoms with E-state index in [1.54, 1.807) is 142 Å². The standard InChI is InChI=1S/2C20H23NO7.2C20H23NO6.C20H21NO6/c2*1-25-15-6-5-11(7-14(15)23)18-13(10-22)20(24)21(18)12-8-16(26-2)19(28-4)17(9-12)27-3;3*1-11-18(12-6-7-15(24-2)14(22)8-12)21(20(11)23)13-9-16(25-3)19(27-5)17(10-13)26-4/h2*5-9,13,18,22-23H,10H2,1-4H3;2*6-11,18,22H,1-5H3;6-10,18,22H,1H2,2-5H3/t13-,18+;13-,18-;11-,18+;11-,18-;18-/m01000/s1. The second-order valence-electron chi connectivity index (χ2n) is 30.9. The van der Waals surface area contributed by atoms with Gasteiger partial charge >= 0.3 is 0 Å². The van der Waals surface area contributed by atoms with E-state index >= 15 is 0 Å². The third kappa shape index (κ3) is 19.5. The van der Waals surface area contributed by atoms with Crippen LogP contribution in [0, 0.1) is 23.7 Å². The van der Waals surface area contributed by atoms with Crippen LogP contribution in [0.15, 0.2) is 164 Å². The van der Waals surface area contributed by atoms with Crippen molar-refractivity contribution in [2.75, 3.05) is 180 Å². The maximum Gasteiger partial charge on any atom is 0.256 e. The Morgan fingerprint density at radius 2 is 0.423 bits per heavy atom. The van der Waals surface area contributed by atoms with Gasteiger partial charge in [0.2, 0.25) is 52.4 Å². The smallest absolute Gasteiger partial charge is 0.256 e. The van der Waals surface area contributed by atoms with Crippen LogP contribution in [0.25, 0.3) is 0 Å². The summed E-state index contributed by atoms with van der Waals surface area (Å²) in [6.45, 7) is 6.99. The molecule has 0 bridgehead atoms. The molecule has 5 saturated heterocycles. The number of nitrogens with zero attached hydrogens (tertiary/aromatic N) is 5. The third-order valence-electron chi connectivity index (χ3n) is 24.0. The van der Waals surface area contributed by atoms with Gasteiger partial charge in [-0.2, -0.15) is 0 Å². The summed E-state index contributed by atoms with van der Waals surface area (Å²) in [6, 6.07) is 40.3. The fraction of sp³-hybridized carbons (Fsp3) is 0.330. The fourth-order valence-electron chi connectivity index (χ4n) is 17.1. The van der Waals surface area contributed by atoms with Gasteiger partial charge < -0.3 is 150 Å². The number of β-lactam (4-membered cyclic amide) rings is 5. The first kappa shape index (κ1) is 102. The molecule has 9 atom stereocenters. The van der Waals surface area contributed by atoms with E-state index in [9.17, 15) is 59.7 Å². The predicted octanol–water partition coefficient (Wildman–Crippen LogP) is 13.6. The number of rotatable bonds is 32. The van der Waals surface area contributed by atoms with Crippen molar-refractivity contribution >= 4 is 58.0 Å². The van der Waals surface area contributed by atoms with Crippen LogP contribution in [0.3, 0.4) is 0 Å². The quantitative estimate of drug-likeness (QED) is 0.0152. The molecule has 0 unspecified atom stereocenters. The molecule has 730 valence electrons. The average Bonchev–Trinajstić information content (AvgIpc) is 0.730. The molecule has 7 N–H and O–H groups in total. The van der Waals surface area contributed by atoms with Gasteiger partial charge in [0.25, 0.3) is 5.91 Å². The molecule has 10 aromatic rings. The third-order valence-corrected chi connectivity index (χ3v) is 24.0. The highest BCUT2D eigenvalue weighted by Gasteiger charge is 2.53. The van der Waals surface area contributed by atoms with Crippen molar-refractivity contribution in [3.63, 3.8) is 0 Å². The molecule has 5 fully saturated rings. The highest BCUT2D eigenvalue weighted by molar-refractivity contribution is 6.15. The van der Waals surface area contributed by atoms with Gasteiger partial charge in [0, 0.05) is 66.2 Å². The average molecular weight is 1900 g/mol. The lowest BCUT2D eigenvalue weighted by atomic mass is 9.82. The number of phenolic OH excluding ortho intramolecular Hbond substituents is 5. The van der Waals surface area contributed by atoms with Crippen molar-refractivity contribution in [2.24, 2.45) is 23.7 Å². The Hall–Kier alpha value is -15.8. The number of hydrogen-bond acceptors (Lipinski definition) is 32. The molecular formula is C100H113N5O32. The summed E-state index contributed by atoms with van der Waals surface area (Å²) in [5.74, 6) is 5.92. The molecular weight excluding hydrogens is 1780 g/mol. The van der Waals surface area contributed by atoms with Crippen LogP contribution in [0.4, 0.5) is 28.4 Å². The second kappa shape index (κ2) is 44.4. The minimum atomic E-state index is -0.619. The van der Waals surface area contributed by atoms with Crippen LogP contribution >= 0.6 is 0 Å². The SMILES string of the molecule is C=C1C(=O)N(c2cc(OC)c(OC)c(OC)c2)[C@@H]1c1ccc(OC)c(O)c1.COc1ccc([C@@H]2[C@@H](CO)C(=O)N2c2cc(OC)c(OC)c(OC)c2)cc1O.COc1ccc([C@@H]2[C@H](C)C(=O)N2c2cc(OC)c(OC)c(OC)c2)cc1O.COc1ccc([C@@H]2[C@H](CO)C(=O)N2c2cc(OC)c(OC)c(OC)c2)cc1O.COc1ccc([C@H]2[C@H](C)C(=O)N2c2cc(OC)c(OC)c(OC)c2)cc1O. The number of aliphatic hydroxyl groups excluding tert-OH is 2. The summed E-state index contributed by atoms with van der Waals surface area (Å²) in [7, 11) is 30.1. The summed E-state index contributed by atoms with van der Waals surface area (Å²) in [5, 5.41) is 70.0. The summed E-state index contributed by atoms with van der Waals surface area (Å²) >= 11 is 0. The molecule has 37 nitrogen and oxygen atoms in total. The molecule has 0 saturated carbocycles. The van der Waals surface area contributed by atoms with Gasteiger partial charge in [-0.15, -0.1) is 0 Å². The molecule has 0 radical (unpaired) electrons. The van der Waals surface area contributed by atoms with Gasteiger partial charge in [-0.1, -0.05) is 50.8 Å². The molecule has 0 aliphatic carbocycles. The Bertz CT molecular complexity index is 5670. The first-order valence-corrected chi connectivity index (χ1v) is 42.3. The number of benzene rings is 10. The zero-order valence-corrected chi connectivity index (χ0v) is 79.8. The number of phenols is 5. The Morgan fingerprint density at radius 3 is 0.613 bits per heavy atom. The highest BCUT2D eigenvalue weighted by Crippen LogP contribution is 2.57. The van der Waals surface area contributed by atoms with Crippen molar-refractivity contribution in [1.29, 1.82) is 0 Å². The van der Waals surface area contributed by atoms with E-state index in [-0.39, 0.29) is 95.4 Å². The van der Waals surface area contributed by atoms with Crippen molar-refractivity contribution in [1.82, 2.24) is 0 Å². The normalized spacial score (nSPS) is 18.1. The van der Waals surface area contributed by atoms with Gasteiger partial charge in [0.15, 0.2) is 115 Å². The van der Waals surface area contributed by atoms with Crippen LogP contribution in [0.2, 0.25) is 0 Å². The van der Waals surface area contributed by atoms with E-state index in [1.165, 1.54) is 164 Å². The molecule has 5 aliphatic heterocycles. The Balaban J connectivity index is 0.000000164. The van der Waals surface area contributed by atoms with Crippen molar-refractivity contribution in [2.45, 2.75) is 44.1 Å². The number of hydrogen-bond donors (Lipinski definition) is 7. The van der Waals surface area contributed by atoms with E-state index in [0.29, 0.717) is 166 Å². The summed E-state index contributed by atoms with van der Waals surface area (Å²) in [4.78, 5) is 71.2. The molecule has 10 aromatic carbocycles. The first-order chi connectivity index (χ1) is 65.9. The van der Waals surface area contributed by atoms with Crippen molar-refractivity contribution in [3.05, 3.63) is 192 Å². The van der Waals surface area contributed by atoms with E-state index < -0.39 is 30.0 Å². The lowest BCUT2D eigenvalue weighted by Gasteiger charge is -2.47. The van der Waals surface area contributed by atoms with Gasteiger partial charge in [-0.05, 0) is 88.5 Å². The number of methoxy groups -OCH3 is 20. The molecule has 5 amide bonds. The lowest BCUT2D eigenvalue weighted by molar-refractivity contribution is -0.133. The fourth-order valence-corrected chi connectivity index (χ4v) is 17.1. The van der Waals surface area contributed by atoms with Crippen LogP contribution in [0.5, 0.6) is 144 Å². The van der Waals surface area contributed by atoms with Gasteiger partial charge in [0.05, 0.1) is 238 Å². The van der Waals surface area contributed by atoms with Crippen molar-refractivity contribution in [3.8, 4) is 144 Å². The first-order valence-electron chi connectivity index (χ1n) is 42.3. The number of carbonyl (C=O) groups excluding carboxylic acids is 5. The summed E-state index contributed by atoms with van der Waals surface area (Å²) < 4.78 is 106. The molecule has 15 rings (SSSR count). The lowest BCUT2D eigenvalue weighted by Crippen LogP contribution is -2.56. The number of aromatic hydroxyl groups is 5. The van der Waals surface area contributed by atoms with Crippen LogP contribution in [0.1, 0.15) is 71.9 Å². The molecule has 5 aliphatic rings. The Kier molecular flexibility index (Phi) is 33.0. The number of anilines is 5. The summed E-state index contributed by atoms with van der Waals surface area (Å²) in [6.07, 6.45) is 0. The highest BCUT2D eigenvalue weighted by atomic mass is 16.6. The minimum Gasteiger partial charge on any atom is -0.504 e. The molecule has 37 heteroatoms. The molecule has 137 heavy (non-hydrogen) atoms. The second-order valence-corrected chi connectivity index (χ2v) is 30.9. The Morgan fingerprint density at radius 1 is 0.241 bits per heavy atom. The molecule has 0 spiro atoms. The zero-order chi connectivity index (χ0) is 100.0. The van der Waals surface area contributed by atoms with E-state index in [4.69, 9.17) is 94.7 Å². The maximum atomic E-state index is 12.7. The van der Waals surface area contributed by atoms with E-state index in [1.807, 2.05) is 26.0 Å². The number of ether oxygens (including phenoxy) is 20. The zero-order valence-electron chi connectivity index (χ0n) is 79.8. The number of aliphatic hydroxyl groups is 2. The Labute approximate surface area is 791 Å². The predicted molar refractivity (Wildman–Crippen MR) is 504 cm³/mol. The number of amides is 5. The van der Waals surface area contributed by atoms with E-state index in [2.05, 4.69) is 6.58 Å². The topological polar surface area (TPSA) is 428 Å². The number of carbonyl (C=O) groups is 5. The van der Waals surface area contributed by atoms with Crippen LogP contribution < -0.4 is 119 Å². The molecule has 0 aromatic heterocycles. The van der Waals surface area contributed by atoms with Crippen molar-refractivity contribution < 1.29 is 154 Å². The largest absolute Gasteiger partial charge is 0.504 e. The summed E-state index contributed by atoms with van der Waals surface area (Å²) in [5.41, 5.74) is 7.01. The monoisotopic (exact) mass is 1900 g/mol. The van der Waals surface area contributed by atoms with Gasteiger partial charge in [-0.3, -0.25) is 28.9 Å². The van der Waals surface area contributed by atoms with Crippen LogP contribution in [-0.2, 0) is 24.0 Å². The molecule has 5 heterocycles. The van der Waals surface area contributed by atoms with Crippen LogP contribution in [-0.4, -0.2) is 221 Å². The van der Waals surface area contributed by atoms with Gasteiger partial charge in [-0.25, -0.2) is 0 Å². The maximum absolute atomic E-state index is 12.7. The minimum absolute atomic E-state index is 0.00742.